The lowest BCUT2D eigenvalue weighted by atomic mass is 10.1. The van der Waals surface area contributed by atoms with Crippen LogP contribution in [-0.2, 0) is 0 Å². The number of primary amides is 1. The Morgan fingerprint density at radius 3 is 2.67 bits per heavy atom. The number of thiophene rings is 1. The fraction of sp³-hybridized carbons (Fsp3) is 0.143. The smallest absolute Gasteiger partial charge is 0.282 e. The van der Waals surface area contributed by atoms with Crippen LogP contribution in [0.5, 0.6) is 5.75 Å². The van der Waals surface area contributed by atoms with Crippen molar-refractivity contribution in [3.05, 3.63) is 75.9 Å². The maximum Gasteiger partial charge on any atom is 0.282 e. The highest BCUT2D eigenvalue weighted by molar-refractivity contribution is 7.17. The molecule has 3 aromatic heterocycles. The lowest BCUT2D eigenvalue weighted by Gasteiger charge is -2.16. The summed E-state index contributed by atoms with van der Waals surface area (Å²) in [6, 6.07) is 13.8. The minimum Gasteiger partial charge on any atom is -0.484 e. The molecular formula is C21H16ClF2N3O2S. The van der Waals surface area contributed by atoms with Gasteiger partial charge in [-0.15, -0.1) is 11.3 Å². The van der Waals surface area contributed by atoms with E-state index >= 15 is 0 Å². The van der Waals surface area contributed by atoms with Crippen molar-refractivity contribution >= 4 is 34.5 Å². The summed E-state index contributed by atoms with van der Waals surface area (Å²) in [7, 11) is 0. The van der Waals surface area contributed by atoms with E-state index in [-0.39, 0.29) is 22.0 Å². The second-order valence-corrected chi connectivity index (χ2v) is 7.98. The second kappa shape index (κ2) is 8.04. The van der Waals surface area contributed by atoms with Crippen molar-refractivity contribution in [2.24, 2.45) is 5.73 Å². The van der Waals surface area contributed by atoms with E-state index in [0.717, 1.165) is 16.9 Å². The first kappa shape index (κ1) is 20.3. The van der Waals surface area contributed by atoms with Crippen LogP contribution in [0.25, 0.3) is 16.2 Å². The van der Waals surface area contributed by atoms with E-state index in [2.05, 4.69) is 4.98 Å². The molecule has 0 aliphatic carbocycles. The first-order chi connectivity index (χ1) is 14.4. The van der Waals surface area contributed by atoms with Gasteiger partial charge in [0.05, 0.1) is 10.6 Å². The number of benzene rings is 1. The van der Waals surface area contributed by atoms with Crippen LogP contribution < -0.4 is 10.5 Å². The fourth-order valence-corrected chi connectivity index (χ4v) is 4.50. The Morgan fingerprint density at radius 1 is 1.23 bits per heavy atom. The third-order valence-electron chi connectivity index (χ3n) is 4.57. The molecule has 0 radical (unpaired) electrons. The average molecular weight is 448 g/mol. The van der Waals surface area contributed by atoms with E-state index in [0.29, 0.717) is 15.5 Å². The zero-order chi connectivity index (χ0) is 21.4. The van der Waals surface area contributed by atoms with Gasteiger partial charge in [-0.05, 0) is 25.1 Å². The standard InChI is InChI=1S/C21H16ClF2N3O2S/c1-11(12-6-2-3-7-13(12)22)29-14-10-15(30-19(14)21(25)28)18-17(20(23)24)26-16-8-4-5-9-27(16)18/h2-11,20H,1H3,(H2,25,28). The van der Waals surface area contributed by atoms with Gasteiger partial charge in [-0.1, -0.05) is 35.9 Å². The molecule has 1 amide bonds. The normalized spacial score (nSPS) is 12.4. The van der Waals surface area contributed by atoms with E-state index in [1.807, 2.05) is 12.1 Å². The Morgan fingerprint density at radius 2 is 1.97 bits per heavy atom. The molecule has 4 rings (SSSR count). The third-order valence-corrected chi connectivity index (χ3v) is 6.05. The maximum absolute atomic E-state index is 13.7. The number of nitrogens with zero attached hydrogens (tertiary/aromatic N) is 2. The van der Waals surface area contributed by atoms with Crippen molar-refractivity contribution in [2.45, 2.75) is 19.5 Å². The fourth-order valence-electron chi connectivity index (χ4n) is 3.22. The van der Waals surface area contributed by atoms with Crippen LogP contribution in [0.15, 0.2) is 54.7 Å². The number of ether oxygens (including phenoxy) is 1. The van der Waals surface area contributed by atoms with E-state index in [1.54, 1.807) is 53.9 Å². The monoisotopic (exact) mass is 447 g/mol. The van der Waals surface area contributed by atoms with Crippen LogP contribution >= 0.6 is 22.9 Å². The van der Waals surface area contributed by atoms with Crippen LogP contribution in [0, 0.1) is 0 Å². The van der Waals surface area contributed by atoms with E-state index in [9.17, 15) is 13.6 Å². The Kier molecular flexibility index (Phi) is 5.44. The predicted octanol–water partition coefficient (Wildman–Crippen LogP) is 5.89. The molecule has 1 unspecified atom stereocenters. The molecule has 0 saturated heterocycles. The number of imidazole rings is 1. The van der Waals surface area contributed by atoms with E-state index in [4.69, 9.17) is 22.1 Å². The number of hydrogen-bond acceptors (Lipinski definition) is 4. The van der Waals surface area contributed by atoms with E-state index < -0.39 is 18.4 Å². The molecule has 1 atom stereocenters. The molecule has 0 saturated carbocycles. The molecule has 0 aliphatic rings. The summed E-state index contributed by atoms with van der Waals surface area (Å²) in [5, 5.41) is 0.517. The highest BCUT2D eigenvalue weighted by atomic mass is 35.5. The molecule has 0 aliphatic heterocycles. The van der Waals surface area contributed by atoms with Crippen molar-refractivity contribution in [3.63, 3.8) is 0 Å². The summed E-state index contributed by atoms with van der Waals surface area (Å²) < 4.78 is 34.9. The van der Waals surface area contributed by atoms with Gasteiger partial charge in [0.15, 0.2) is 0 Å². The molecule has 30 heavy (non-hydrogen) atoms. The van der Waals surface area contributed by atoms with Crippen molar-refractivity contribution in [1.82, 2.24) is 9.38 Å². The topological polar surface area (TPSA) is 69.6 Å². The van der Waals surface area contributed by atoms with Crippen LogP contribution in [0.1, 0.15) is 40.4 Å². The second-order valence-electron chi connectivity index (χ2n) is 6.53. The molecule has 154 valence electrons. The van der Waals surface area contributed by atoms with Gasteiger partial charge >= 0.3 is 0 Å². The Balaban J connectivity index is 1.81. The van der Waals surface area contributed by atoms with Gasteiger partial charge in [0.1, 0.15) is 28.1 Å². The van der Waals surface area contributed by atoms with Crippen LogP contribution in [-0.4, -0.2) is 15.3 Å². The summed E-state index contributed by atoms with van der Waals surface area (Å²) in [4.78, 5) is 16.6. The summed E-state index contributed by atoms with van der Waals surface area (Å²) in [5.41, 5.74) is 6.47. The summed E-state index contributed by atoms with van der Waals surface area (Å²) in [6.07, 6.45) is -1.64. The minimum absolute atomic E-state index is 0.134. The van der Waals surface area contributed by atoms with Gasteiger partial charge in [0, 0.05) is 22.8 Å². The van der Waals surface area contributed by atoms with Gasteiger partial charge in [-0.3, -0.25) is 9.20 Å². The molecule has 1 aromatic carbocycles. The molecule has 0 spiro atoms. The molecule has 9 heteroatoms. The molecule has 3 heterocycles. The SMILES string of the molecule is CC(Oc1cc(-c2c(C(F)F)nc3ccccn23)sc1C(N)=O)c1ccccc1Cl. The van der Waals surface area contributed by atoms with Crippen molar-refractivity contribution in [1.29, 1.82) is 0 Å². The third kappa shape index (κ3) is 3.64. The molecular weight excluding hydrogens is 432 g/mol. The minimum atomic E-state index is -2.79. The number of rotatable bonds is 6. The number of pyridine rings is 1. The zero-order valence-electron chi connectivity index (χ0n) is 15.7. The summed E-state index contributed by atoms with van der Waals surface area (Å²) in [6.45, 7) is 1.78. The Hall–Kier alpha value is -2.97. The zero-order valence-corrected chi connectivity index (χ0v) is 17.3. The largest absolute Gasteiger partial charge is 0.484 e. The van der Waals surface area contributed by atoms with Crippen molar-refractivity contribution in [2.75, 3.05) is 0 Å². The quantitative estimate of drug-likeness (QED) is 0.400. The van der Waals surface area contributed by atoms with Crippen LogP contribution in [0.3, 0.4) is 0 Å². The maximum atomic E-state index is 13.7. The number of carbonyl (C=O) groups excluding carboxylic acids is 1. The Labute approximate surface area is 179 Å². The van der Waals surface area contributed by atoms with E-state index in [1.165, 1.54) is 0 Å². The lowest BCUT2D eigenvalue weighted by molar-refractivity contribution is 0.0998. The number of aromatic nitrogens is 2. The van der Waals surface area contributed by atoms with Crippen molar-refractivity contribution in [3.8, 4) is 16.3 Å². The average Bonchev–Trinajstić information content (AvgIpc) is 3.29. The number of alkyl halides is 2. The van der Waals surface area contributed by atoms with Gasteiger partial charge < -0.3 is 10.5 Å². The number of fused-ring (bicyclic) bond motifs is 1. The number of nitrogens with two attached hydrogens (primary N) is 1. The number of halogens is 3. The summed E-state index contributed by atoms with van der Waals surface area (Å²) in [5.74, 6) is -0.499. The number of amides is 1. The summed E-state index contributed by atoms with van der Waals surface area (Å²) >= 11 is 7.22. The highest BCUT2D eigenvalue weighted by Crippen LogP contribution is 2.41. The van der Waals surface area contributed by atoms with Gasteiger partial charge in [0.2, 0.25) is 0 Å². The Bertz CT molecular complexity index is 1240. The lowest BCUT2D eigenvalue weighted by Crippen LogP contribution is -2.12. The molecule has 0 bridgehead atoms. The predicted molar refractivity (Wildman–Crippen MR) is 112 cm³/mol. The number of carbonyl (C=O) groups is 1. The molecule has 0 fully saturated rings. The van der Waals surface area contributed by atoms with Gasteiger partial charge in [-0.2, -0.15) is 0 Å². The molecule has 2 N–H and O–H groups in total. The highest BCUT2D eigenvalue weighted by Gasteiger charge is 2.26. The molecule has 4 aromatic rings. The van der Waals surface area contributed by atoms with Crippen LogP contribution in [0.4, 0.5) is 8.78 Å². The van der Waals surface area contributed by atoms with Crippen LogP contribution in [0.2, 0.25) is 5.02 Å². The first-order valence-corrected chi connectivity index (χ1v) is 10.2. The molecule has 5 nitrogen and oxygen atoms in total. The van der Waals surface area contributed by atoms with Gasteiger partial charge in [-0.25, -0.2) is 13.8 Å². The number of hydrogen-bond donors (Lipinski definition) is 1. The van der Waals surface area contributed by atoms with Gasteiger partial charge in [0.25, 0.3) is 12.3 Å². The van der Waals surface area contributed by atoms with Crippen molar-refractivity contribution < 1.29 is 18.3 Å². The first-order valence-electron chi connectivity index (χ1n) is 8.97.